The summed E-state index contributed by atoms with van der Waals surface area (Å²) in [5.74, 6) is 0. The molecule has 0 bridgehead atoms. The van der Waals surface area contributed by atoms with Gasteiger partial charge in [0.15, 0.2) is 0 Å². The highest BCUT2D eigenvalue weighted by molar-refractivity contribution is 8.00. The summed E-state index contributed by atoms with van der Waals surface area (Å²) in [6.07, 6.45) is 0.855. The molecule has 1 nitrogen and oxygen atoms in total. The number of rotatable bonds is 3. The summed E-state index contributed by atoms with van der Waals surface area (Å²) >= 11 is 7.38. The smallest absolute Gasteiger partial charge is 0.0961 e. The first-order chi connectivity index (χ1) is 6.26. The third kappa shape index (κ3) is 3.30. The maximum atomic E-state index is 8.75. The summed E-state index contributed by atoms with van der Waals surface area (Å²) in [4.78, 5) is 1.06. The van der Waals surface area contributed by atoms with Gasteiger partial charge in [-0.1, -0.05) is 24.6 Å². The number of thioether (sulfide) groups is 1. The Balaban J connectivity index is 2.69. The predicted octanol–water partition coefficient (Wildman–Crippen LogP) is 3.73. The van der Waals surface area contributed by atoms with Crippen molar-refractivity contribution in [1.29, 1.82) is 5.26 Å². The highest BCUT2D eigenvalue weighted by atomic mass is 35.5. The van der Waals surface area contributed by atoms with Gasteiger partial charge in [0.25, 0.3) is 0 Å². The molecule has 68 valence electrons. The van der Waals surface area contributed by atoms with Crippen LogP contribution in [0.4, 0.5) is 0 Å². The summed E-state index contributed by atoms with van der Waals surface area (Å²) in [5.41, 5.74) is 0. The second kappa shape index (κ2) is 5.16. The van der Waals surface area contributed by atoms with Gasteiger partial charge in [0.05, 0.1) is 11.3 Å². The van der Waals surface area contributed by atoms with E-state index in [1.807, 2.05) is 31.2 Å². The van der Waals surface area contributed by atoms with Crippen LogP contribution >= 0.6 is 23.4 Å². The minimum atomic E-state index is 0.0264. The normalized spacial score (nSPS) is 12.1. The quantitative estimate of drug-likeness (QED) is 0.712. The lowest BCUT2D eigenvalue weighted by Gasteiger charge is -2.05. The van der Waals surface area contributed by atoms with Crippen LogP contribution in [0.2, 0.25) is 5.02 Å². The standard InChI is InChI=1S/C10H10ClNS/c1-2-9(7-12)13-10-5-3-4-8(11)6-10/h3-6,9H,2H2,1H3. The lowest BCUT2D eigenvalue weighted by atomic mass is 10.4. The average molecular weight is 212 g/mol. The Kier molecular flexibility index (Phi) is 4.14. The molecule has 1 aromatic carbocycles. The van der Waals surface area contributed by atoms with Gasteiger partial charge in [-0.05, 0) is 24.6 Å². The van der Waals surface area contributed by atoms with Crippen LogP contribution in [0.3, 0.4) is 0 Å². The first kappa shape index (κ1) is 10.4. The molecule has 0 radical (unpaired) electrons. The van der Waals surface area contributed by atoms with E-state index in [1.165, 1.54) is 0 Å². The minimum absolute atomic E-state index is 0.0264. The molecule has 0 aliphatic heterocycles. The Hall–Kier alpha value is -0.650. The Morgan fingerprint density at radius 2 is 2.38 bits per heavy atom. The minimum Gasteiger partial charge on any atom is -0.197 e. The van der Waals surface area contributed by atoms with Crippen LogP contribution < -0.4 is 0 Å². The fraction of sp³-hybridized carbons (Fsp3) is 0.300. The van der Waals surface area contributed by atoms with Gasteiger partial charge in [0.1, 0.15) is 0 Å². The fourth-order valence-electron chi connectivity index (χ4n) is 0.906. The number of nitriles is 1. The lowest BCUT2D eigenvalue weighted by Crippen LogP contribution is -1.94. The van der Waals surface area contributed by atoms with Crippen LogP contribution in [0.25, 0.3) is 0 Å². The molecule has 1 rings (SSSR count). The molecular formula is C10H10ClNS. The van der Waals surface area contributed by atoms with E-state index < -0.39 is 0 Å². The number of hydrogen-bond acceptors (Lipinski definition) is 2. The molecule has 0 fully saturated rings. The summed E-state index contributed by atoms with van der Waals surface area (Å²) in [6.45, 7) is 2.01. The zero-order chi connectivity index (χ0) is 9.68. The summed E-state index contributed by atoms with van der Waals surface area (Å²) < 4.78 is 0. The van der Waals surface area contributed by atoms with Crippen LogP contribution in [-0.4, -0.2) is 5.25 Å². The zero-order valence-corrected chi connectivity index (χ0v) is 8.90. The number of halogens is 1. The maximum Gasteiger partial charge on any atom is 0.0961 e. The Morgan fingerprint density at radius 1 is 1.62 bits per heavy atom. The van der Waals surface area contributed by atoms with Gasteiger partial charge in [-0.3, -0.25) is 0 Å². The molecule has 13 heavy (non-hydrogen) atoms. The monoisotopic (exact) mass is 211 g/mol. The van der Waals surface area contributed by atoms with Crippen molar-refractivity contribution in [2.75, 3.05) is 0 Å². The summed E-state index contributed by atoms with van der Waals surface area (Å²) in [6, 6.07) is 9.82. The Labute approximate surface area is 87.7 Å². The van der Waals surface area contributed by atoms with Gasteiger partial charge in [0.2, 0.25) is 0 Å². The topological polar surface area (TPSA) is 23.8 Å². The predicted molar refractivity (Wildman–Crippen MR) is 57.0 cm³/mol. The van der Waals surface area contributed by atoms with Gasteiger partial charge in [-0.2, -0.15) is 5.26 Å². The number of hydrogen-bond donors (Lipinski definition) is 0. The van der Waals surface area contributed by atoms with E-state index in [1.54, 1.807) is 11.8 Å². The molecule has 0 N–H and O–H groups in total. The van der Waals surface area contributed by atoms with E-state index in [0.29, 0.717) is 0 Å². The molecule has 0 amide bonds. The molecular weight excluding hydrogens is 202 g/mol. The molecule has 3 heteroatoms. The third-order valence-corrected chi connectivity index (χ3v) is 3.07. The summed E-state index contributed by atoms with van der Waals surface area (Å²) in [7, 11) is 0. The molecule has 0 saturated heterocycles. The number of nitrogens with zero attached hydrogens (tertiary/aromatic N) is 1. The van der Waals surface area contributed by atoms with Gasteiger partial charge in [0, 0.05) is 9.92 Å². The Morgan fingerprint density at radius 3 is 2.92 bits per heavy atom. The first-order valence-corrected chi connectivity index (χ1v) is 5.34. The average Bonchev–Trinajstić information content (AvgIpc) is 2.14. The summed E-state index contributed by atoms with van der Waals surface area (Å²) in [5, 5.41) is 9.50. The SMILES string of the molecule is CCC(C#N)Sc1cccc(Cl)c1. The van der Waals surface area contributed by atoms with Crippen LogP contribution in [0, 0.1) is 11.3 Å². The van der Waals surface area contributed by atoms with Crippen molar-refractivity contribution in [3.63, 3.8) is 0 Å². The van der Waals surface area contributed by atoms with E-state index in [2.05, 4.69) is 6.07 Å². The van der Waals surface area contributed by atoms with Crippen molar-refractivity contribution in [3.05, 3.63) is 29.3 Å². The molecule has 1 unspecified atom stereocenters. The molecule has 0 aromatic heterocycles. The van der Waals surface area contributed by atoms with Gasteiger partial charge in [-0.25, -0.2) is 0 Å². The van der Waals surface area contributed by atoms with Crippen molar-refractivity contribution in [1.82, 2.24) is 0 Å². The number of benzene rings is 1. The molecule has 0 aliphatic carbocycles. The first-order valence-electron chi connectivity index (χ1n) is 4.08. The lowest BCUT2D eigenvalue weighted by molar-refractivity contribution is 0.985. The second-order valence-corrected chi connectivity index (χ2v) is 4.31. The van der Waals surface area contributed by atoms with E-state index in [4.69, 9.17) is 16.9 Å². The van der Waals surface area contributed by atoms with E-state index >= 15 is 0 Å². The molecule has 0 heterocycles. The molecule has 1 aromatic rings. The highest BCUT2D eigenvalue weighted by Gasteiger charge is 2.05. The van der Waals surface area contributed by atoms with Crippen molar-refractivity contribution >= 4 is 23.4 Å². The van der Waals surface area contributed by atoms with Crippen LogP contribution in [0.1, 0.15) is 13.3 Å². The Bertz CT molecular complexity index is 319. The van der Waals surface area contributed by atoms with Crippen molar-refractivity contribution < 1.29 is 0 Å². The van der Waals surface area contributed by atoms with Gasteiger partial charge >= 0.3 is 0 Å². The highest BCUT2D eigenvalue weighted by Crippen LogP contribution is 2.26. The van der Waals surface area contributed by atoms with Crippen molar-refractivity contribution in [2.45, 2.75) is 23.5 Å². The van der Waals surface area contributed by atoms with Crippen LogP contribution in [-0.2, 0) is 0 Å². The molecule has 0 saturated carbocycles. The van der Waals surface area contributed by atoms with Gasteiger partial charge < -0.3 is 0 Å². The third-order valence-electron chi connectivity index (χ3n) is 1.59. The zero-order valence-electron chi connectivity index (χ0n) is 7.33. The van der Waals surface area contributed by atoms with E-state index in [0.717, 1.165) is 16.3 Å². The van der Waals surface area contributed by atoms with Crippen LogP contribution in [0.5, 0.6) is 0 Å². The van der Waals surface area contributed by atoms with Gasteiger partial charge in [-0.15, -0.1) is 11.8 Å². The maximum absolute atomic E-state index is 8.75. The van der Waals surface area contributed by atoms with Crippen molar-refractivity contribution in [2.24, 2.45) is 0 Å². The molecule has 0 aliphatic rings. The van der Waals surface area contributed by atoms with Crippen LogP contribution in [0.15, 0.2) is 29.2 Å². The van der Waals surface area contributed by atoms with Crippen molar-refractivity contribution in [3.8, 4) is 6.07 Å². The molecule has 1 atom stereocenters. The van der Waals surface area contributed by atoms with E-state index in [9.17, 15) is 0 Å². The second-order valence-electron chi connectivity index (χ2n) is 2.60. The molecule has 0 spiro atoms. The largest absolute Gasteiger partial charge is 0.197 e. The fourth-order valence-corrected chi connectivity index (χ4v) is 2.06. The van der Waals surface area contributed by atoms with E-state index in [-0.39, 0.29) is 5.25 Å².